The fourth-order valence-electron chi connectivity index (χ4n) is 2.82. The number of amides is 1. The molecule has 120 valence electrons. The van der Waals surface area contributed by atoms with Gasteiger partial charge in [0.05, 0.1) is 23.3 Å². The average molecular weight is 323 g/mol. The molecule has 0 radical (unpaired) electrons. The van der Waals surface area contributed by atoms with Gasteiger partial charge in [0.25, 0.3) is 0 Å². The van der Waals surface area contributed by atoms with E-state index in [0.717, 1.165) is 21.6 Å². The van der Waals surface area contributed by atoms with Crippen LogP contribution in [-0.4, -0.2) is 39.8 Å². The number of ether oxygens (including phenoxy) is 2. The highest BCUT2D eigenvalue weighted by Crippen LogP contribution is 2.38. The Hall–Kier alpha value is -1.60. The van der Waals surface area contributed by atoms with Gasteiger partial charge in [-0.2, -0.15) is 0 Å². The third kappa shape index (κ3) is 2.48. The maximum atomic E-state index is 12.4. The van der Waals surface area contributed by atoms with Crippen LogP contribution in [0, 0.1) is 0 Å². The summed E-state index contributed by atoms with van der Waals surface area (Å²) in [5, 5.41) is 0. The van der Waals surface area contributed by atoms with Crippen LogP contribution in [0.2, 0.25) is 0 Å². The van der Waals surface area contributed by atoms with E-state index in [1.165, 1.54) is 0 Å². The van der Waals surface area contributed by atoms with Crippen molar-refractivity contribution in [3.8, 4) is 0 Å². The van der Waals surface area contributed by atoms with Gasteiger partial charge in [-0.05, 0) is 20.8 Å². The molecule has 1 aliphatic rings. The fourth-order valence-corrected chi connectivity index (χ4v) is 3.75. The molecular formula is C15H21N3O3S. The Morgan fingerprint density at radius 3 is 2.82 bits per heavy atom. The minimum absolute atomic E-state index is 0.152. The molecule has 3 rings (SSSR count). The second kappa shape index (κ2) is 5.24. The molecule has 6 nitrogen and oxygen atoms in total. The Balaban J connectivity index is 1.97. The van der Waals surface area contributed by atoms with Gasteiger partial charge in [0.1, 0.15) is 11.7 Å². The first kappa shape index (κ1) is 15.3. The number of hydrogen-bond donors (Lipinski definition) is 0. The van der Waals surface area contributed by atoms with Crippen molar-refractivity contribution >= 4 is 27.8 Å². The van der Waals surface area contributed by atoms with E-state index in [0.29, 0.717) is 13.1 Å². The first-order chi connectivity index (χ1) is 10.3. The third-order valence-electron chi connectivity index (χ3n) is 3.81. The Morgan fingerprint density at radius 2 is 2.18 bits per heavy atom. The van der Waals surface area contributed by atoms with Crippen molar-refractivity contribution in [2.75, 3.05) is 13.7 Å². The predicted octanol–water partition coefficient (Wildman–Crippen LogP) is 3.07. The Morgan fingerprint density at radius 1 is 1.45 bits per heavy atom. The van der Waals surface area contributed by atoms with E-state index in [9.17, 15) is 4.79 Å². The minimum Gasteiger partial charge on any atom is -0.444 e. The van der Waals surface area contributed by atoms with Crippen molar-refractivity contribution in [2.45, 2.75) is 39.0 Å². The van der Waals surface area contributed by atoms with Crippen molar-refractivity contribution in [1.29, 1.82) is 0 Å². The van der Waals surface area contributed by atoms with Crippen LogP contribution in [-0.2, 0) is 23.1 Å². The molecule has 2 aromatic heterocycles. The molecule has 0 aromatic carbocycles. The number of aryl methyl sites for hydroxylation is 1. The van der Waals surface area contributed by atoms with Crippen LogP contribution >= 0.6 is 11.3 Å². The lowest BCUT2D eigenvalue weighted by atomic mass is 10.0. The highest BCUT2D eigenvalue weighted by molar-refractivity contribution is 7.17. The summed E-state index contributed by atoms with van der Waals surface area (Å²) in [5.74, 6) is 0. The molecule has 0 N–H and O–H groups in total. The minimum atomic E-state index is -0.504. The monoisotopic (exact) mass is 323 g/mol. The molecule has 0 spiro atoms. The molecule has 1 atom stereocenters. The lowest BCUT2D eigenvalue weighted by Crippen LogP contribution is -2.42. The lowest BCUT2D eigenvalue weighted by molar-refractivity contribution is -0.000228. The summed E-state index contributed by atoms with van der Waals surface area (Å²) in [7, 11) is 3.65. The summed E-state index contributed by atoms with van der Waals surface area (Å²) in [6, 6.07) is 0. The molecule has 1 unspecified atom stereocenters. The number of thiazole rings is 1. The molecule has 0 saturated carbocycles. The van der Waals surface area contributed by atoms with Gasteiger partial charge in [-0.25, -0.2) is 9.78 Å². The summed E-state index contributed by atoms with van der Waals surface area (Å²) in [6.45, 7) is 6.63. The van der Waals surface area contributed by atoms with Crippen molar-refractivity contribution in [3.05, 3.63) is 16.8 Å². The van der Waals surface area contributed by atoms with E-state index in [4.69, 9.17) is 9.47 Å². The van der Waals surface area contributed by atoms with Crippen molar-refractivity contribution < 1.29 is 14.3 Å². The highest BCUT2D eigenvalue weighted by Gasteiger charge is 2.35. The van der Waals surface area contributed by atoms with Gasteiger partial charge in [0.2, 0.25) is 0 Å². The maximum Gasteiger partial charge on any atom is 0.410 e. The van der Waals surface area contributed by atoms with E-state index in [2.05, 4.69) is 4.98 Å². The van der Waals surface area contributed by atoms with Crippen LogP contribution < -0.4 is 0 Å². The zero-order chi connectivity index (χ0) is 16.1. The van der Waals surface area contributed by atoms with Crippen LogP contribution in [0.3, 0.4) is 0 Å². The SMILES string of the molecule is COC1CN(C(=O)OC(C)(C)C)Cc2c1c1scnc1n2C. The molecule has 1 aliphatic heterocycles. The van der Waals surface area contributed by atoms with E-state index in [1.807, 2.05) is 37.9 Å². The van der Waals surface area contributed by atoms with Crippen LogP contribution in [0.5, 0.6) is 0 Å². The van der Waals surface area contributed by atoms with Gasteiger partial charge >= 0.3 is 6.09 Å². The largest absolute Gasteiger partial charge is 0.444 e. The van der Waals surface area contributed by atoms with Crippen molar-refractivity contribution in [2.24, 2.45) is 7.05 Å². The molecule has 2 aromatic rings. The number of carbonyl (C=O) groups is 1. The molecule has 22 heavy (non-hydrogen) atoms. The van der Waals surface area contributed by atoms with Gasteiger partial charge in [-0.3, -0.25) is 4.90 Å². The van der Waals surface area contributed by atoms with Gasteiger partial charge < -0.3 is 14.0 Å². The van der Waals surface area contributed by atoms with E-state index >= 15 is 0 Å². The fraction of sp³-hybridized carbons (Fsp3) is 0.600. The van der Waals surface area contributed by atoms with Crippen molar-refractivity contribution in [3.63, 3.8) is 0 Å². The number of fused-ring (bicyclic) bond motifs is 3. The second-order valence-corrected chi connectivity index (χ2v) is 7.36. The zero-order valence-electron chi connectivity index (χ0n) is 13.5. The first-order valence-electron chi connectivity index (χ1n) is 7.23. The molecule has 0 fully saturated rings. The van der Waals surface area contributed by atoms with Crippen molar-refractivity contribution in [1.82, 2.24) is 14.5 Å². The molecular weight excluding hydrogens is 302 g/mol. The molecule has 7 heteroatoms. The number of rotatable bonds is 1. The van der Waals surface area contributed by atoms with Gasteiger partial charge in [-0.15, -0.1) is 11.3 Å². The van der Waals surface area contributed by atoms with E-state index < -0.39 is 5.60 Å². The number of methoxy groups -OCH3 is 1. The summed E-state index contributed by atoms with van der Waals surface area (Å²) >= 11 is 1.61. The predicted molar refractivity (Wildman–Crippen MR) is 85.0 cm³/mol. The molecule has 1 amide bonds. The quantitative estimate of drug-likeness (QED) is 0.809. The van der Waals surface area contributed by atoms with Crippen LogP contribution in [0.1, 0.15) is 38.1 Å². The third-order valence-corrected chi connectivity index (χ3v) is 4.66. The molecule has 3 heterocycles. The van der Waals surface area contributed by atoms with E-state index in [1.54, 1.807) is 23.3 Å². The lowest BCUT2D eigenvalue weighted by Gasteiger charge is -2.34. The Labute approximate surface area is 133 Å². The van der Waals surface area contributed by atoms with E-state index in [-0.39, 0.29) is 12.2 Å². The molecule has 0 bridgehead atoms. The zero-order valence-corrected chi connectivity index (χ0v) is 14.4. The maximum absolute atomic E-state index is 12.4. The number of hydrogen-bond acceptors (Lipinski definition) is 5. The summed E-state index contributed by atoms with van der Waals surface area (Å²) in [6.07, 6.45) is -0.460. The number of carbonyl (C=O) groups excluding carboxylic acids is 1. The van der Waals surface area contributed by atoms with Crippen LogP contribution in [0.4, 0.5) is 4.79 Å². The Bertz CT molecular complexity index is 713. The first-order valence-corrected chi connectivity index (χ1v) is 8.11. The highest BCUT2D eigenvalue weighted by atomic mass is 32.1. The Kier molecular flexibility index (Phi) is 3.65. The summed E-state index contributed by atoms with van der Waals surface area (Å²) in [5.41, 5.74) is 4.51. The molecule has 0 saturated heterocycles. The van der Waals surface area contributed by atoms with Gasteiger partial charge in [0, 0.05) is 25.4 Å². The van der Waals surface area contributed by atoms with Gasteiger partial charge in [-0.1, -0.05) is 0 Å². The smallest absolute Gasteiger partial charge is 0.410 e. The molecule has 0 aliphatic carbocycles. The number of aromatic nitrogens is 2. The second-order valence-electron chi connectivity index (χ2n) is 6.51. The summed E-state index contributed by atoms with van der Waals surface area (Å²) < 4.78 is 14.3. The standard InChI is InChI=1S/C15H21N3O3S/c1-15(2,3)21-14(19)18-6-9-11(10(7-18)20-5)12-13(17(9)4)16-8-22-12/h8,10H,6-7H2,1-5H3. The normalized spacial score (nSPS) is 18.6. The van der Waals surface area contributed by atoms with Crippen LogP contribution in [0.15, 0.2) is 5.51 Å². The summed E-state index contributed by atoms with van der Waals surface area (Å²) in [4.78, 5) is 18.5. The van der Waals surface area contributed by atoms with Crippen LogP contribution in [0.25, 0.3) is 10.3 Å². The topological polar surface area (TPSA) is 56.6 Å². The van der Waals surface area contributed by atoms with Gasteiger partial charge in [0.15, 0.2) is 5.65 Å². The average Bonchev–Trinajstić information content (AvgIpc) is 3.00. The number of nitrogens with zero attached hydrogens (tertiary/aromatic N) is 3.